The van der Waals surface area contributed by atoms with E-state index in [9.17, 15) is 4.79 Å². The molecule has 1 radical (unpaired) electrons. The number of hydrogen-bond acceptors (Lipinski definition) is 7. The Morgan fingerprint density at radius 2 is 1.18 bits per heavy atom. The Kier molecular flexibility index (Phi) is 13.2. The number of aliphatic carboxylic acids is 1. The molecule has 9 heteroatoms. The van der Waals surface area contributed by atoms with Crippen molar-refractivity contribution in [3.63, 3.8) is 0 Å². The number of nitrogens with two attached hydrogens (primary N) is 1. The van der Waals surface area contributed by atoms with Crippen LogP contribution >= 0.6 is 0 Å². The number of benzene rings is 1. The first-order valence-electron chi connectivity index (χ1n) is 14.0. The molecule has 2 saturated carbocycles. The van der Waals surface area contributed by atoms with Gasteiger partial charge in [-0.25, -0.2) is 0 Å². The Bertz CT molecular complexity index is 920. The van der Waals surface area contributed by atoms with Crippen LogP contribution < -0.4 is 27.0 Å². The molecule has 0 unspecified atom stereocenters. The van der Waals surface area contributed by atoms with E-state index in [1.54, 1.807) is 24.3 Å². The van der Waals surface area contributed by atoms with Gasteiger partial charge in [0.05, 0.1) is 11.4 Å². The zero-order valence-electron chi connectivity index (χ0n) is 22.2. The molecule has 5 atom stereocenters. The molecule has 0 saturated heterocycles. The smallest absolute Gasteiger partial charge is 0.325 e. The summed E-state index contributed by atoms with van der Waals surface area (Å²) in [5.41, 5.74) is 8.30. The largest absolute Gasteiger partial charge is 0.480 e. The molecule has 0 amide bonds. The number of fused-ring (bicyclic) bond motifs is 4. The second kappa shape index (κ2) is 16.3. The fourth-order valence-corrected chi connectivity index (χ4v) is 5.75. The van der Waals surface area contributed by atoms with Crippen LogP contribution in [0.4, 0.5) is 0 Å². The van der Waals surface area contributed by atoms with Gasteiger partial charge in [-0.2, -0.15) is 0 Å². The monoisotopic (exact) mass is 563 g/mol. The van der Waals surface area contributed by atoms with E-state index < -0.39 is 12.0 Å². The van der Waals surface area contributed by atoms with Crippen LogP contribution in [0, 0.1) is 0 Å². The van der Waals surface area contributed by atoms with Crippen molar-refractivity contribution in [3.05, 3.63) is 65.5 Å². The second-order valence-electron chi connectivity index (χ2n) is 10.5. The molecular formula is C29H44MnN6O2. The van der Waals surface area contributed by atoms with Crippen molar-refractivity contribution < 1.29 is 27.0 Å². The fourth-order valence-electron chi connectivity index (χ4n) is 5.75. The van der Waals surface area contributed by atoms with Crippen LogP contribution in [0.1, 0.15) is 74.4 Å². The van der Waals surface area contributed by atoms with E-state index in [0.717, 1.165) is 26.2 Å². The Morgan fingerprint density at radius 3 is 1.63 bits per heavy atom. The number of carbonyl (C=O) groups is 1. The van der Waals surface area contributed by atoms with Crippen LogP contribution in [0.25, 0.3) is 0 Å². The minimum atomic E-state index is -1.00. The fraction of sp³-hybridized carbons (Fsp3) is 0.586. The van der Waals surface area contributed by atoms with Gasteiger partial charge in [-0.1, -0.05) is 62.1 Å². The normalized spacial score (nSPS) is 26.9. The van der Waals surface area contributed by atoms with Crippen molar-refractivity contribution in [2.24, 2.45) is 5.73 Å². The number of rotatable bonds is 2. The van der Waals surface area contributed by atoms with Gasteiger partial charge in [-0.3, -0.25) is 9.78 Å². The maximum Gasteiger partial charge on any atom is 0.325 e. The maximum atomic E-state index is 10.4. The van der Waals surface area contributed by atoms with Crippen LogP contribution in [-0.2, 0) is 35.0 Å². The van der Waals surface area contributed by atoms with E-state index in [1.807, 2.05) is 6.07 Å². The van der Waals surface area contributed by atoms with Crippen molar-refractivity contribution in [1.29, 1.82) is 0 Å². The van der Waals surface area contributed by atoms with E-state index in [1.165, 1.54) is 62.8 Å². The molecule has 0 spiro atoms. The molecule has 5 rings (SSSR count). The van der Waals surface area contributed by atoms with Crippen molar-refractivity contribution in [3.8, 4) is 0 Å². The molecule has 7 N–H and O–H groups in total. The third-order valence-electron chi connectivity index (χ3n) is 7.85. The second-order valence-corrected chi connectivity index (χ2v) is 10.5. The van der Waals surface area contributed by atoms with Crippen LogP contribution in [0.15, 0.2) is 48.5 Å². The number of nitrogens with zero attached hydrogens (tertiary/aromatic N) is 1. The number of carboxylic acid groups (broad SMARTS) is 1. The first kappa shape index (κ1) is 30.7. The van der Waals surface area contributed by atoms with Crippen LogP contribution in [-0.4, -0.2) is 53.3 Å². The summed E-state index contributed by atoms with van der Waals surface area (Å²) in [5.74, 6) is -1.00. The standard InChI is InChI=1S/C21H35N5.C8H9NO2.Mn/c1-3-10-20-18(8-1)22-12-13-23-19-9-2-4-11-21(19)25-15-17-7-5-6-16(26-17)14-24-20;9-7(8(10)11)6-4-2-1-3-5-6;/h5-7,18-25H,1-4,8-15H2;1-5,7H,9H2,(H,10,11);/t18-,19-,20-,21-;7-;/m00./s1. The molecule has 3 aliphatic rings. The Morgan fingerprint density at radius 1 is 0.737 bits per heavy atom. The minimum Gasteiger partial charge on any atom is -0.480 e. The summed E-state index contributed by atoms with van der Waals surface area (Å²) in [5, 5.41) is 23.7. The van der Waals surface area contributed by atoms with E-state index in [2.05, 4.69) is 39.5 Å². The predicted molar refractivity (Wildman–Crippen MR) is 147 cm³/mol. The average molecular weight is 564 g/mol. The summed E-state index contributed by atoms with van der Waals surface area (Å²) in [6.45, 7) is 3.89. The summed E-state index contributed by atoms with van der Waals surface area (Å²) in [4.78, 5) is 15.3. The number of carboxylic acids is 1. The topological polar surface area (TPSA) is 124 Å². The van der Waals surface area contributed by atoms with E-state index in [4.69, 9.17) is 15.8 Å². The van der Waals surface area contributed by atoms with Gasteiger partial charge in [0.25, 0.3) is 0 Å². The van der Waals surface area contributed by atoms with Gasteiger partial charge < -0.3 is 32.1 Å². The van der Waals surface area contributed by atoms with Crippen molar-refractivity contribution in [2.75, 3.05) is 13.1 Å². The zero-order valence-corrected chi connectivity index (χ0v) is 23.4. The van der Waals surface area contributed by atoms with E-state index in [-0.39, 0.29) is 17.1 Å². The molecule has 2 bridgehead atoms. The Labute approximate surface area is 237 Å². The quantitative estimate of drug-likeness (QED) is 0.309. The summed E-state index contributed by atoms with van der Waals surface area (Å²) in [7, 11) is 0. The number of aromatic nitrogens is 1. The molecule has 2 aromatic rings. The number of hydrogen-bond donors (Lipinski definition) is 6. The predicted octanol–water partition coefficient (Wildman–Crippen LogP) is 2.84. The van der Waals surface area contributed by atoms with Crippen molar-refractivity contribution in [1.82, 2.24) is 26.3 Å². The number of pyridine rings is 1. The minimum absolute atomic E-state index is 0. The molecule has 2 heterocycles. The van der Waals surface area contributed by atoms with E-state index in [0.29, 0.717) is 29.7 Å². The molecule has 1 aliphatic heterocycles. The van der Waals surface area contributed by atoms with Gasteiger partial charge in [-0.15, -0.1) is 0 Å². The van der Waals surface area contributed by atoms with Crippen LogP contribution in [0.3, 0.4) is 0 Å². The molecular weight excluding hydrogens is 519 g/mol. The van der Waals surface area contributed by atoms with Gasteiger partial charge in [0.2, 0.25) is 0 Å². The molecule has 38 heavy (non-hydrogen) atoms. The van der Waals surface area contributed by atoms with Crippen molar-refractivity contribution in [2.45, 2.75) is 94.7 Å². The Hall–Kier alpha value is -1.84. The summed E-state index contributed by atoms with van der Waals surface area (Å²) >= 11 is 0. The van der Waals surface area contributed by atoms with E-state index >= 15 is 0 Å². The zero-order chi connectivity index (χ0) is 25.9. The molecule has 8 nitrogen and oxygen atoms in total. The molecule has 1 aromatic heterocycles. The SMILES string of the molecule is N[C@H](C(=O)O)c1ccccc1.[Mn].c1cc2nc(c1)CN[C@H]1CCCC[C@@H]1NCCN[C@H]1CCCC[C@@H]1NC2. The molecule has 2 fully saturated rings. The van der Waals surface area contributed by atoms with Gasteiger partial charge in [0.1, 0.15) is 6.04 Å². The first-order valence-corrected chi connectivity index (χ1v) is 14.0. The van der Waals surface area contributed by atoms with Gasteiger partial charge >= 0.3 is 5.97 Å². The van der Waals surface area contributed by atoms with Gasteiger partial charge in [0.15, 0.2) is 0 Å². The first-order chi connectivity index (χ1) is 18.1. The average Bonchev–Trinajstić information content (AvgIpc) is 2.94. The maximum absolute atomic E-state index is 10.4. The third-order valence-corrected chi connectivity index (χ3v) is 7.85. The third kappa shape index (κ3) is 9.42. The molecule has 209 valence electrons. The summed E-state index contributed by atoms with van der Waals surface area (Å²) in [6.07, 6.45) is 10.5. The van der Waals surface area contributed by atoms with Crippen LogP contribution in [0.2, 0.25) is 0 Å². The van der Waals surface area contributed by atoms with Gasteiger partial charge in [-0.05, 0) is 43.4 Å². The molecule has 1 aromatic carbocycles. The van der Waals surface area contributed by atoms with Crippen LogP contribution in [0.5, 0.6) is 0 Å². The van der Waals surface area contributed by atoms with Crippen molar-refractivity contribution >= 4 is 5.97 Å². The molecule has 2 aliphatic carbocycles. The number of nitrogens with one attached hydrogen (secondary N) is 4. The summed E-state index contributed by atoms with van der Waals surface area (Å²) in [6, 6.07) is 16.6. The van der Waals surface area contributed by atoms with Gasteiger partial charge in [0, 0.05) is 67.4 Å². The summed E-state index contributed by atoms with van der Waals surface area (Å²) < 4.78 is 0. The Balaban J connectivity index is 0.000000282.